The van der Waals surface area contributed by atoms with Crippen LogP contribution in [0.3, 0.4) is 0 Å². The Labute approximate surface area is 93.0 Å². The summed E-state index contributed by atoms with van der Waals surface area (Å²) in [5.41, 5.74) is 5.68. The molecule has 0 aromatic rings. The Kier molecular flexibility index (Phi) is 4.41. The molecule has 1 unspecified atom stereocenters. The number of carbonyl (C=O) groups excluding carboxylic acids is 1. The number of hydrogen-bond donors (Lipinski definition) is 2. The highest BCUT2D eigenvalue weighted by atomic mass is 32.2. The first-order chi connectivity index (χ1) is 7.07. The summed E-state index contributed by atoms with van der Waals surface area (Å²) in [6.45, 7) is 1.94. The number of nitrogens with two attached hydrogens (primary N) is 1. The molecule has 0 spiro atoms. The molecule has 1 saturated heterocycles. The van der Waals surface area contributed by atoms with Gasteiger partial charge < -0.3 is 15.7 Å². The van der Waals surface area contributed by atoms with Crippen LogP contribution in [-0.2, 0) is 9.59 Å². The van der Waals surface area contributed by atoms with Crippen LogP contribution >= 0.6 is 11.8 Å². The molecule has 0 bridgehead atoms. The van der Waals surface area contributed by atoms with Crippen molar-refractivity contribution in [3.8, 4) is 0 Å². The Hall–Kier alpha value is -0.750. The van der Waals surface area contributed by atoms with E-state index in [1.165, 1.54) is 16.7 Å². The Balaban J connectivity index is 2.62. The molecule has 15 heavy (non-hydrogen) atoms. The summed E-state index contributed by atoms with van der Waals surface area (Å²) in [4.78, 5) is 24.0. The van der Waals surface area contributed by atoms with Gasteiger partial charge in [0.15, 0.2) is 0 Å². The number of carboxylic acid groups (broad SMARTS) is 1. The van der Waals surface area contributed by atoms with E-state index in [1.807, 2.05) is 6.92 Å². The number of aliphatic carboxylic acids is 1. The lowest BCUT2D eigenvalue weighted by molar-refractivity contribution is -0.148. The molecule has 1 aliphatic rings. The van der Waals surface area contributed by atoms with Gasteiger partial charge in [0.1, 0.15) is 6.04 Å². The van der Waals surface area contributed by atoms with Crippen molar-refractivity contribution in [3.63, 3.8) is 0 Å². The molecular weight excluding hydrogens is 216 g/mol. The lowest BCUT2D eigenvalue weighted by Crippen LogP contribution is -2.49. The van der Waals surface area contributed by atoms with Crippen molar-refractivity contribution in [1.29, 1.82) is 0 Å². The van der Waals surface area contributed by atoms with Crippen molar-refractivity contribution in [2.45, 2.75) is 31.8 Å². The Bertz CT molecular complexity index is 260. The summed E-state index contributed by atoms with van der Waals surface area (Å²) in [5, 5.41) is 8.90. The van der Waals surface area contributed by atoms with E-state index in [1.54, 1.807) is 0 Å². The third-order valence-corrected chi connectivity index (χ3v) is 3.38. The lowest BCUT2D eigenvalue weighted by atomic mass is 10.1. The van der Waals surface area contributed by atoms with Gasteiger partial charge in [-0.25, -0.2) is 4.79 Å². The van der Waals surface area contributed by atoms with E-state index in [4.69, 9.17) is 10.8 Å². The van der Waals surface area contributed by atoms with Crippen LogP contribution in [0.2, 0.25) is 0 Å². The summed E-state index contributed by atoms with van der Waals surface area (Å²) in [6.07, 6.45) is 1.43. The summed E-state index contributed by atoms with van der Waals surface area (Å²) < 4.78 is 0. The third-order valence-electron chi connectivity index (χ3n) is 2.37. The smallest absolute Gasteiger partial charge is 0.327 e. The van der Waals surface area contributed by atoms with Gasteiger partial charge in [-0.1, -0.05) is 13.3 Å². The van der Waals surface area contributed by atoms with Crippen molar-refractivity contribution in [2.24, 2.45) is 5.73 Å². The van der Waals surface area contributed by atoms with Gasteiger partial charge in [-0.2, -0.15) is 0 Å². The minimum atomic E-state index is -0.947. The normalized spacial score (nSPS) is 22.8. The maximum atomic E-state index is 11.8. The van der Waals surface area contributed by atoms with Crippen molar-refractivity contribution in [3.05, 3.63) is 0 Å². The summed E-state index contributed by atoms with van der Waals surface area (Å²) in [5.74, 6) is -0.293. The summed E-state index contributed by atoms with van der Waals surface area (Å²) in [7, 11) is 0. The van der Waals surface area contributed by atoms with E-state index in [0.717, 1.165) is 6.42 Å². The number of nitrogens with zero attached hydrogens (tertiary/aromatic N) is 1. The molecule has 1 fully saturated rings. The minimum Gasteiger partial charge on any atom is -0.480 e. The molecule has 0 aromatic carbocycles. The Morgan fingerprint density at radius 1 is 1.67 bits per heavy atom. The molecule has 1 rings (SSSR count). The van der Waals surface area contributed by atoms with E-state index < -0.39 is 18.1 Å². The van der Waals surface area contributed by atoms with Crippen molar-refractivity contribution < 1.29 is 14.7 Å². The van der Waals surface area contributed by atoms with Crippen LogP contribution in [0.4, 0.5) is 0 Å². The number of carboxylic acids is 1. The van der Waals surface area contributed by atoms with Crippen molar-refractivity contribution in [1.82, 2.24) is 4.90 Å². The molecule has 2 atom stereocenters. The fourth-order valence-corrected chi connectivity index (χ4v) is 2.67. The van der Waals surface area contributed by atoms with E-state index in [-0.39, 0.29) is 5.91 Å². The number of hydrogen-bond acceptors (Lipinski definition) is 4. The molecule has 6 heteroatoms. The predicted molar refractivity (Wildman–Crippen MR) is 58.5 cm³/mol. The molecule has 1 heterocycles. The van der Waals surface area contributed by atoms with E-state index >= 15 is 0 Å². The second-order valence-corrected chi connectivity index (χ2v) is 4.56. The molecule has 1 aliphatic heterocycles. The molecule has 1 amide bonds. The highest BCUT2D eigenvalue weighted by molar-refractivity contribution is 7.99. The van der Waals surface area contributed by atoms with Gasteiger partial charge in [-0.15, -0.1) is 11.8 Å². The van der Waals surface area contributed by atoms with Crippen LogP contribution in [0.5, 0.6) is 0 Å². The van der Waals surface area contributed by atoms with Gasteiger partial charge in [0, 0.05) is 5.75 Å². The maximum absolute atomic E-state index is 11.8. The van der Waals surface area contributed by atoms with Crippen LogP contribution in [0.25, 0.3) is 0 Å². The molecule has 86 valence electrons. The average Bonchev–Trinajstić information content (AvgIpc) is 2.65. The van der Waals surface area contributed by atoms with Crippen LogP contribution < -0.4 is 5.73 Å². The summed E-state index contributed by atoms with van der Waals surface area (Å²) >= 11 is 1.45. The van der Waals surface area contributed by atoms with Gasteiger partial charge in [-0.05, 0) is 6.42 Å². The van der Waals surface area contributed by atoms with Crippen LogP contribution in [0, 0.1) is 0 Å². The fraction of sp³-hybridized carbons (Fsp3) is 0.778. The first-order valence-corrected chi connectivity index (χ1v) is 6.10. The first-order valence-electron chi connectivity index (χ1n) is 4.94. The topological polar surface area (TPSA) is 83.6 Å². The molecule has 0 aromatic heterocycles. The highest BCUT2D eigenvalue weighted by Crippen LogP contribution is 2.22. The first kappa shape index (κ1) is 12.3. The monoisotopic (exact) mass is 232 g/mol. The molecule has 0 aliphatic carbocycles. The Morgan fingerprint density at radius 3 is 2.87 bits per heavy atom. The van der Waals surface area contributed by atoms with E-state index in [0.29, 0.717) is 18.1 Å². The van der Waals surface area contributed by atoms with Gasteiger partial charge in [0.05, 0.1) is 11.9 Å². The zero-order valence-corrected chi connectivity index (χ0v) is 9.50. The zero-order chi connectivity index (χ0) is 11.4. The number of amides is 1. The van der Waals surface area contributed by atoms with Crippen LogP contribution in [0.15, 0.2) is 0 Å². The van der Waals surface area contributed by atoms with Gasteiger partial charge in [0.2, 0.25) is 5.91 Å². The van der Waals surface area contributed by atoms with E-state index in [2.05, 4.69) is 0 Å². The maximum Gasteiger partial charge on any atom is 0.327 e. The van der Waals surface area contributed by atoms with Crippen molar-refractivity contribution in [2.75, 3.05) is 11.6 Å². The fourth-order valence-electron chi connectivity index (χ4n) is 1.51. The molecule has 3 N–H and O–H groups in total. The predicted octanol–water partition coefficient (Wildman–Crippen LogP) is 0.0999. The van der Waals surface area contributed by atoms with Gasteiger partial charge >= 0.3 is 5.97 Å². The molecular formula is C9H16N2O3S. The van der Waals surface area contributed by atoms with Crippen LogP contribution in [-0.4, -0.2) is 45.6 Å². The van der Waals surface area contributed by atoms with Gasteiger partial charge in [0.25, 0.3) is 0 Å². The second kappa shape index (κ2) is 5.37. The van der Waals surface area contributed by atoms with Crippen LogP contribution in [0.1, 0.15) is 19.8 Å². The lowest BCUT2D eigenvalue weighted by Gasteiger charge is -2.23. The molecule has 5 nitrogen and oxygen atoms in total. The van der Waals surface area contributed by atoms with E-state index in [9.17, 15) is 9.59 Å². The third kappa shape index (κ3) is 2.85. The Morgan fingerprint density at radius 2 is 2.33 bits per heavy atom. The highest BCUT2D eigenvalue weighted by Gasteiger charge is 2.36. The minimum absolute atomic E-state index is 0.241. The second-order valence-electron chi connectivity index (χ2n) is 3.56. The number of rotatable bonds is 4. The summed E-state index contributed by atoms with van der Waals surface area (Å²) in [6, 6.07) is -1.26. The molecule has 0 saturated carbocycles. The largest absolute Gasteiger partial charge is 0.480 e. The van der Waals surface area contributed by atoms with Gasteiger partial charge in [-0.3, -0.25) is 4.79 Å². The zero-order valence-electron chi connectivity index (χ0n) is 8.68. The number of carbonyl (C=O) groups is 2. The van der Waals surface area contributed by atoms with Crippen molar-refractivity contribution >= 4 is 23.6 Å². The standard InChI is InChI=1S/C9H16N2O3S/c1-2-3-6(10)8(12)11-5-15-4-7(11)9(13)14/h6-7H,2-5,10H2,1H3,(H,13,14)/t6-,7?/m0/s1. The molecule has 0 radical (unpaired) electrons. The average molecular weight is 232 g/mol. The SMILES string of the molecule is CCC[C@H](N)C(=O)N1CSCC1C(=O)O. The quantitative estimate of drug-likeness (QED) is 0.718. The number of thioether (sulfide) groups is 1.